The predicted molar refractivity (Wildman–Crippen MR) is 72.7 cm³/mol. The van der Waals surface area contributed by atoms with Crippen LogP contribution < -0.4 is 5.69 Å². The fourth-order valence-electron chi connectivity index (χ4n) is 2.39. The van der Waals surface area contributed by atoms with Crippen molar-refractivity contribution in [3.63, 3.8) is 0 Å². The normalized spacial score (nSPS) is 12.5. The van der Waals surface area contributed by atoms with Gasteiger partial charge in [0.1, 0.15) is 5.65 Å². The first-order chi connectivity index (χ1) is 10.4. The van der Waals surface area contributed by atoms with Crippen molar-refractivity contribution in [1.29, 1.82) is 0 Å². The van der Waals surface area contributed by atoms with Crippen molar-refractivity contribution in [2.75, 3.05) is 0 Å². The molecule has 0 saturated carbocycles. The quantitative estimate of drug-likeness (QED) is 0.501. The monoisotopic (exact) mass is 304 g/mol. The molecule has 0 aliphatic heterocycles. The largest absolute Gasteiger partial charge is 0.417 e. The highest BCUT2D eigenvalue weighted by molar-refractivity contribution is 5.79. The van der Waals surface area contributed by atoms with Crippen LogP contribution in [0.25, 0.3) is 22.5 Å². The summed E-state index contributed by atoms with van der Waals surface area (Å²) in [7, 11) is 0. The third kappa shape index (κ3) is 1.70. The van der Waals surface area contributed by atoms with Crippen molar-refractivity contribution >= 4 is 22.5 Å². The SMILES string of the molecule is O=c1n2cc(C(F)(F)F)ccc2nc2nc3ccccc3n12. The van der Waals surface area contributed by atoms with E-state index < -0.39 is 17.4 Å². The van der Waals surface area contributed by atoms with E-state index in [2.05, 4.69) is 9.97 Å². The number of rotatable bonds is 0. The molecule has 0 aliphatic rings. The smallest absolute Gasteiger partial charge is 0.252 e. The minimum Gasteiger partial charge on any atom is -0.252 e. The lowest BCUT2D eigenvalue weighted by Gasteiger charge is -2.08. The van der Waals surface area contributed by atoms with E-state index in [0.717, 1.165) is 22.7 Å². The highest BCUT2D eigenvalue weighted by Crippen LogP contribution is 2.28. The van der Waals surface area contributed by atoms with Gasteiger partial charge in [-0.05, 0) is 24.3 Å². The lowest BCUT2D eigenvalue weighted by atomic mass is 10.3. The first-order valence-corrected chi connectivity index (χ1v) is 6.32. The number of fused-ring (bicyclic) bond motifs is 4. The molecule has 0 saturated heterocycles. The van der Waals surface area contributed by atoms with Crippen LogP contribution in [0, 0.1) is 0 Å². The van der Waals surface area contributed by atoms with Gasteiger partial charge in [0.15, 0.2) is 0 Å². The molecule has 5 nitrogen and oxygen atoms in total. The van der Waals surface area contributed by atoms with Crippen LogP contribution in [0.5, 0.6) is 0 Å². The van der Waals surface area contributed by atoms with Crippen LogP contribution in [0.15, 0.2) is 47.4 Å². The summed E-state index contributed by atoms with van der Waals surface area (Å²) in [5.74, 6) is 0.158. The third-order valence-corrected chi connectivity index (χ3v) is 3.41. The van der Waals surface area contributed by atoms with E-state index in [0.29, 0.717) is 11.0 Å². The van der Waals surface area contributed by atoms with Crippen molar-refractivity contribution < 1.29 is 13.2 Å². The maximum Gasteiger partial charge on any atom is 0.417 e. The number of pyridine rings is 1. The second-order valence-corrected chi connectivity index (χ2v) is 4.77. The summed E-state index contributed by atoms with van der Waals surface area (Å²) in [6, 6.07) is 8.90. The summed E-state index contributed by atoms with van der Waals surface area (Å²) >= 11 is 0. The molecule has 0 spiro atoms. The van der Waals surface area contributed by atoms with E-state index in [1.165, 1.54) is 4.40 Å². The Kier molecular flexibility index (Phi) is 2.37. The fraction of sp³-hybridized carbons (Fsp3) is 0.0714. The fourth-order valence-corrected chi connectivity index (χ4v) is 2.39. The van der Waals surface area contributed by atoms with Crippen LogP contribution in [0.3, 0.4) is 0 Å². The third-order valence-electron chi connectivity index (χ3n) is 3.41. The molecule has 1 aromatic carbocycles. The molecule has 0 amide bonds. The van der Waals surface area contributed by atoms with E-state index in [4.69, 9.17) is 0 Å². The lowest BCUT2D eigenvalue weighted by Crippen LogP contribution is -2.24. The van der Waals surface area contributed by atoms with Crippen LogP contribution in [0.2, 0.25) is 0 Å². The van der Waals surface area contributed by atoms with Crippen LogP contribution in [0.4, 0.5) is 13.2 Å². The molecule has 3 aromatic heterocycles. The zero-order valence-corrected chi connectivity index (χ0v) is 10.9. The highest BCUT2D eigenvalue weighted by atomic mass is 19.4. The number of alkyl halides is 3. The van der Waals surface area contributed by atoms with Crippen LogP contribution in [-0.4, -0.2) is 18.8 Å². The molecule has 4 aromatic rings. The summed E-state index contributed by atoms with van der Waals surface area (Å²) in [6.45, 7) is 0. The number of hydrogen-bond donors (Lipinski definition) is 0. The minimum atomic E-state index is -4.53. The summed E-state index contributed by atoms with van der Waals surface area (Å²) in [5, 5.41) is 0. The van der Waals surface area contributed by atoms with Gasteiger partial charge in [0, 0.05) is 6.20 Å². The van der Waals surface area contributed by atoms with Crippen LogP contribution in [-0.2, 0) is 6.18 Å². The molecule has 0 bridgehead atoms. The van der Waals surface area contributed by atoms with E-state index in [-0.39, 0.29) is 11.4 Å². The highest BCUT2D eigenvalue weighted by Gasteiger charge is 2.31. The Bertz CT molecular complexity index is 1090. The van der Waals surface area contributed by atoms with E-state index in [1.807, 2.05) is 0 Å². The molecule has 0 radical (unpaired) electrons. The van der Waals surface area contributed by atoms with Gasteiger partial charge in [0.05, 0.1) is 16.6 Å². The average molecular weight is 304 g/mol. The van der Waals surface area contributed by atoms with Crippen LogP contribution >= 0.6 is 0 Å². The van der Waals surface area contributed by atoms with Crippen molar-refractivity contribution in [2.24, 2.45) is 0 Å². The number of imidazole rings is 1. The van der Waals surface area contributed by atoms with Crippen molar-refractivity contribution in [3.05, 3.63) is 58.6 Å². The molecule has 0 unspecified atom stereocenters. The summed E-state index contributed by atoms with van der Waals surface area (Å²) < 4.78 is 40.5. The second-order valence-electron chi connectivity index (χ2n) is 4.77. The number of aromatic nitrogens is 4. The van der Waals surface area contributed by atoms with Gasteiger partial charge in [-0.15, -0.1) is 0 Å². The van der Waals surface area contributed by atoms with E-state index >= 15 is 0 Å². The number of benzene rings is 1. The Morgan fingerprint density at radius 2 is 1.77 bits per heavy atom. The Morgan fingerprint density at radius 1 is 1.00 bits per heavy atom. The predicted octanol–water partition coefficient (Wildman–Crippen LogP) is 2.51. The number of para-hydroxylation sites is 2. The van der Waals surface area contributed by atoms with Gasteiger partial charge in [0.2, 0.25) is 5.78 Å². The van der Waals surface area contributed by atoms with Crippen molar-refractivity contribution in [3.8, 4) is 0 Å². The van der Waals surface area contributed by atoms with Crippen molar-refractivity contribution in [2.45, 2.75) is 6.18 Å². The Balaban J connectivity index is 2.19. The second kappa shape index (κ2) is 4.06. The molecular formula is C14H7F3N4O. The van der Waals surface area contributed by atoms with E-state index in [9.17, 15) is 18.0 Å². The standard InChI is InChI=1S/C14H7F3N4O/c15-14(16,17)8-5-6-11-19-12-18-9-3-1-2-4-10(9)21(12)13(22)20(11)7-8/h1-7H. The van der Waals surface area contributed by atoms with Gasteiger partial charge >= 0.3 is 11.9 Å². The van der Waals surface area contributed by atoms with Gasteiger partial charge in [0.25, 0.3) is 0 Å². The van der Waals surface area contributed by atoms with Gasteiger partial charge in [-0.2, -0.15) is 18.2 Å². The number of halogens is 3. The Hall–Kier alpha value is -2.90. The molecule has 110 valence electrons. The zero-order chi connectivity index (χ0) is 15.5. The topological polar surface area (TPSA) is 51.7 Å². The molecule has 3 heterocycles. The molecule has 8 heteroatoms. The van der Waals surface area contributed by atoms with E-state index in [1.54, 1.807) is 24.3 Å². The van der Waals surface area contributed by atoms with Crippen LogP contribution in [0.1, 0.15) is 5.56 Å². The maximum atomic E-state index is 12.8. The number of nitrogens with zero attached hydrogens (tertiary/aromatic N) is 4. The summed E-state index contributed by atoms with van der Waals surface area (Å²) in [5.41, 5.74) is -0.380. The van der Waals surface area contributed by atoms with Gasteiger partial charge in [-0.1, -0.05) is 12.1 Å². The van der Waals surface area contributed by atoms with Crippen molar-refractivity contribution in [1.82, 2.24) is 18.8 Å². The molecule has 0 fully saturated rings. The number of hydrogen-bond acceptors (Lipinski definition) is 3. The molecule has 0 atom stereocenters. The molecule has 0 aliphatic carbocycles. The summed E-state index contributed by atoms with van der Waals surface area (Å²) in [6.07, 6.45) is -3.78. The first-order valence-electron chi connectivity index (χ1n) is 6.32. The summed E-state index contributed by atoms with van der Waals surface area (Å²) in [4.78, 5) is 20.9. The Morgan fingerprint density at radius 3 is 2.55 bits per heavy atom. The first kappa shape index (κ1) is 12.8. The zero-order valence-electron chi connectivity index (χ0n) is 10.9. The van der Waals surface area contributed by atoms with Gasteiger partial charge < -0.3 is 0 Å². The Labute approximate surface area is 120 Å². The van der Waals surface area contributed by atoms with Gasteiger partial charge in [-0.25, -0.2) is 14.2 Å². The average Bonchev–Trinajstić information content (AvgIpc) is 2.84. The molecule has 22 heavy (non-hydrogen) atoms. The maximum absolute atomic E-state index is 12.8. The molecule has 4 rings (SSSR count). The molecule has 0 N–H and O–H groups in total. The lowest BCUT2D eigenvalue weighted by molar-refractivity contribution is -0.137. The molecular weight excluding hydrogens is 297 g/mol. The van der Waals surface area contributed by atoms with Gasteiger partial charge in [-0.3, -0.25) is 4.40 Å². The minimum absolute atomic E-state index is 0.112.